The van der Waals surface area contributed by atoms with Gasteiger partial charge in [0.2, 0.25) is 0 Å². The van der Waals surface area contributed by atoms with E-state index in [-0.39, 0.29) is 11.3 Å². The third-order valence-corrected chi connectivity index (χ3v) is 4.75. The van der Waals surface area contributed by atoms with Crippen LogP contribution in [0.5, 0.6) is 0 Å². The van der Waals surface area contributed by atoms with E-state index in [2.05, 4.69) is 19.2 Å². The molecule has 2 nitrogen and oxygen atoms in total. The summed E-state index contributed by atoms with van der Waals surface area (Å²) in [6.07, 6.45) is 4.44. The van der Waals surface area contributed by atoms with E-state index >= 15 is 0 Å². The number of carbonyl (C=O) groups excluding carboxylic acids is 1. The summed E-state index contributed by atoms with van der Waals surface area (Å²) < 4.78 is 0. The Morgan fingerprint density at radius 2 is 2.28 bits per heavy atom. The minimum atomic E-state index is 0.0285. The monoisotopic (exact) mass is 285 g/mol. The highest BCUT2D eigenvalue weighted by atomic mass is 35.5. The fourth-order valence-electron chi connectivity index (χ4n) is 2.33. The van der Waals surface area contributed by atoms with Gasteiger partial charge in [0.1, 0.15) is 0 Å². The summed E-state index contributed by atoms with van der Waals surface area (Å²) >= 11 is 7.81. The zero-order valence-corrected chi connectivity index (χ0v) is 12.5. The van der Waals surface area contributed by atoms with Gasteiger partial charge in [-0.2, -0.15) is 0 Å². The summed E-state index contributed by atoms with van der Waals surface area (Å²) in [5.74, 6) is 0.596. The highest BCUT2D eigenvalue weighted by Gasteiger charge is 2.18. The highest BCUT2D eigenvalue weighted by Crippen LogP contribution is 2.30. The molecule has 18 heavy (non-hydrogen) atoms. The summed E-state index contributed by atoms with van der Waals surface area (Å²) in [5.41, 5.74) is 1.37. The zero-order chi connectivity index (χ0) is 13.1. The van der Waals surface area contributed by atoms with Crippen LogP contribution in [0.2, 0.25) is 0 Å². The van der Waals surface area contributed by atoms with Crippen LogP contribution in [0.4, 0.5) is 0 Å². The first-order chi connectivity index (χ1) is 8.56. The van der Waals surface area contributed by atoms with Crippen LogP contribution < -0.4 is 5.32 Å². The molecule has 0 fully saturated rings. The van der Waals surface area contributed by atoms with E-state index in [1.165, 1.54) is 16.9 Å². The molecule has 0 radical (unpaired) electrons. The predicted octanol–water partition coefficient (Wildman–Crippen LogP) is 3.62. The second-order valence-electron chi connectivity index (χ2n) is 5.35. The van der Waals surface area contributed by atoms with Gasteiger partial charge in [-0.1, -0.05) is 13.8 Å². The Balaban J connectivity index is 1.84. The molecule has 0 saturated carbocycles. The molecule has 1 unspecified atom stereocenters. The predicted molar refractivity (Wildman–Crippen MR) is 77.8 cm³/mol. The Kier molecular flexibility index (Phi) is 4.68. The molecule has 1 aliphatic rings. The summed E-state index contributed by atoms with van der Waals surface area (Å²) in [4.78, 5) is 14.2. The van der Waals surface area contributed by atoms with Crippen molar-refractivity contribution in [2.24, 2.45) is 5.92 Å². The first-order valence-corrected chi connectivity index (χ1v) is 7.85. The lowest BCUT2D eigenvalue weighted by Crippen LogP contribution is -2.29. The minimum absolute atomic E-state index is 0.0285. The van der Waals surface area contributed by atoms with Gasteiger partial charge >= 0.3 is 0 Å². The number of fused-ring (bicyclic) bond motifs is 1. The molecule has 2 rings (SSSR count). The second kappa shape index (κ2) is 6.07. The number of carbonyl (C=O) groups is 1. The first-order valence-electron chi connectivity index (χ1n) is 6.60. The molecule has 0 spiro atoms. The largest absolute Gasteiger partial charge is 0.350 e. The lowest BCUT2D eigenvalue weighted by atomic mass is 10.1. The average Bonchev–Trinajstić information content (AvgIpc) is 2.84. The molecular formula is C14H20ClNOS. The maximum absolute atomic E-state index is 12.0. The van der Waals surface area contributed by atoms with Gasteiger partial charge in [0.25, 0.3) is 5.91 Å². The normalized spacial score (nSPS) is 15.8. The Hall–Kier alpha value is -0.540. The van der Waals surface area contributed by atoms with Gasteiger partial charge in [0.15, 0.2) is 0 Å². The van der Waals surface area contributed by atoms with Crippen molar-refractivity contribution < 1.29 is 4.79 Å². The zero-order valence-electron chi connectivity index (χ0n) is 11.0. The van der Waals surface area contributed by atoms with Crippen molar-refractivity contribution in [3.63, 3.8) is 0 Å². The molecule has 4 heteroatoms. The third-order valence-electron chi connectivity index (χ3n) is 3.18. The Labute approximate surface area is 118 Å². The SMILES string of the molecule is CC(C)CC(Cl)CNC(=O)c1cc2c(s1)CCC2. The van der Waals surface area contributed by atoms with Crippen LogP contribution in [0.3, 0.4) is 0 Å². The third kappa shape index (κ3) is 3.48. The molecule has 1 amide bonds. The molecule has 1 heterocycles. The molecule has 1 atom stereocenters. The Bertz CT molecular complexity index is 406. The molecule has 100 valence electrons. The standard InChI is InChI=1S/C14H20ClNOS/c1-9(2)6-11(15)8-16-14(17)13-7-10-4-3-5-12(10)18-13/h7,9,11H,3-6,8H2,1-2H3,(H,16,17). The molecule has 0 aliphatic heterocycles. The lowest BCUT2D eigenvalue weighted by Gasteiger charge is -2.12. The molecule has 0 bridgehead atoms. The van der Waals surface area contributed by atoms with E-state index in [4.69, 9.17) is 11.6 Å². The van der Waals surface area contributed by atoms with Crippen molar-refractivity contribution in [3.05, 3.63) is 21.4 Å². The molecule has 0 aromatic carbocycles. The number of halogens is 1. The van der Waals surface area contributed by atoms with Gasteiger partial charge in [0, 0.05) is 11.4 Å². The van der Waals surface area contributed by atoms with Gasteiger partial charge in [-0.15, -0.1) is 22.9 Å². The van der Waals surface area contributed by atoms with Gasteiger partial charge in [-0.3, -0.25) is 4.79 Å². The Morgan fingerprint density at radius 1 is 1.50 bits per heavy atom. The van der Waals surface area contributed by atoms with Crippen LogP contribution in [0.1, 0.15) is 46.8 Å². The highest BCUT2D eigenvalue weighted by molar-refractivity contribution is 7.14. The molecule has 1 N–H and O–H groups in total. The molecule has 0 saturated heterocycles. The van der Waals surface area contributed by atoms with Crippen LogP contribution in [-0.2, 0) is 12.8 Å². The van der Waals surface area contributed by atoms with E-state index < -0.39 is 0 Å². The smallest absolute Gasteiger partial charge is 0.261 e. The maximum Gasteiger partial charge on any atom is 0.261 e. The van der Waals surface area contributed by atoms with Crippen molar-refractivity contribution in [1.82, 2.24) is 5.32 Å². The molecule has 1 aromatic heterocycles. The topological polar surface area (TPSA) is 29.1 Å². The number of aryl methyl sites for hydroxylation is 2. The first kappa shape index (κ1) is 13.9. The van der Waals surface area contributed by atoms with E-state index in [9.17, 15) is 4.79 Å². The second-order valence-corrected chi connectivity index (χ2v) is 7.10. The van der Waals surface area contributed by atoms with Crippen LogP contribution in [0.15, 0.2) is 6.07 Å². The van der Waals surface area contributed by atoms with Crippen LogP contribution in [0.25, 0.3) is 0 Å². The van der Waals surface area contributed by atoms with Crippen LogP contribution in [-0.4, -0.2) is 17.8 Å². The molecule has 1 aliphatic carbocycles. The van der Waals surface area contributed by atoms with Crippen molar-refractivity contribution in [3.8, 4) is 0 Å². The number of amides is 1. The average molecular weight is 286 g/mol. The fourth-order valence-corrected chi connectivity index (χ4v) is 3.93. The van der Waals surface area contributed by atoms with Crippen LogP contribution in [0, 0.1) is 5.92 Å². The van der Waals surface area contributed by atoms with E-state index in [1.54, 1.807) is 11.3 Å². The number of nitrogens with one attached hydrogen (secondary N) is 1. The summed E-state index contributed by atoms with van der Waals surface area (Å²) in [6.45, 7) is 4.84. The number of hydrogen-bond donors (Lipinski definition) is 1. The van der Waals surface area contributed by atoms with Gasteiger partial charge in [0.05, 0.1) is 10.3 Å². The van der Waals surface area contributed by atoms with Gasteiger partial charge < -0.3 is 5.32 Å². The van der Waals surface area contributed by atoms with Crippen LogP contribution >= 0.6 is 22.9 Å². The van der Waals surface area contributed by atoms with Crippen molar-refractivity contribution in [1.29, 1.82) is 0 Å². The van der Waals surface area contributed by atoms with Crippen molar-refractivity contribution >= 4 is 28.8 Å². The summed E-state index contributed by atoms with van der Waals surface area (Å²) in [7, 11) is 0. The van der Waals surface area contributed by atoms with Crippen molar-refractivity contribution in [2.75, 3.05) is 6.54 Å². The number of rotatable bonds is 5. The quantitative estimate of drug-likeness (QED) is 0.823. The summed E-state index contributed by atoms with van der Waals surface area (Å²) in [6, 6.07) is 2.05. The van der Waals surface area contributed by atoms with E-state index in [1.807, 2.05) is 6.07 Å². The van der Waals surface area contributed by atoms with Crippen molar-refractivity contribution in [2.45, 2.75) is 44.9 Å². The summed E-state index contributed by atoms with van der Waals surface area (Å²) in [5, 5.41) is 2.96. The number of alkyl halides is 1. The molecule has 1 aromatic rings. The number of thiophene rings is 1. The van der Waals surface area contributed by atoms with Gasteiger partial charge in [-0.25, -0.2) is 0 Å². The van der Waals surface area contributed by atoms with E-state index in [0.717, 1.165) is 24.1 Å². The van der Waals surface area contributed by atoms with E-state index in [0.29, 0.717) is 12.5 Å². The maximum atomic E-state index is 12.0. The Morgan fingerprint density at radius 3 is 2.94 bits per heavy atom. The molecular weight excluding hydrogens is 266 g/mol. The minimum Gasteiger partial charge on any atom is -0.350 e. The fraction of sp³-hybridized carbons (Fsp3) is 0.643. The lowest BCUT2D eigenvalue weighted by molar-refractivity contribution is 0.0957. The number of hydrogen-bond acceptors (Lipinski definition) is 2. The van der Waals surface area contributed by atoms with Gasteiger partial charge in [-0.05, 0) is 43.2 Å².